The number of para-hydroxylation sites is 1. The third kappa shape index (κ3) is 4.46. The Morgan fingerprint density at radius 2 is 2.05 bits per heavy atom. The highest BCUT2D eigenvalue weighted by molar-refractivity contribution is 5.75. The van der Waals surface area contributed by atoms with Crippen LogP contribution in [0.4, 0.5) is 0 Å². The Bertz CT molecular complexity index is 456. The molecule has 0 unspecified atom stereocenters. The van der Waals surface area contributed by atoms with E-state index in [-0.39, 0.29) is 5.91 Å². The minimum absolute atomic E-state index is 0.143. The van der Waals surface area contributed by atoms with Crippen LogP contribution in [0.15, 0.2) is 24.3 Å². The molecule has 1 aromatic rings. The summed E-state index contributed by atoms with van der Waals surface area (Å²) >= 11 is 0. The van der Waals surface area contributed by atoms with E-state index < -0.39 is 0 Å². The van der Waals surface area contributed by atoms with Crippen LogP contribution in [-0.4, -0.2) is 32.1 Å². The second-order valence-corrected chi connectivity index (χ2v) is 5.66. The highest BCUT2D eigenvalue weighted by Gasteiger charge is 2.31. The molecule has 116 valence electrons. The Morgan fingerprint density at radius 1 is 1.29 bits per heavy atom. The summed E-state index contributed by atoms with van der Waals surface area (Å²) in [7, 11) is 1.72. The van der Waals surface area contributed by atoms with Crippen molar-refractivity contribution in [3.05, 3.63) is 29.8 Å². The van der Waals surface area contributed by atoms with Crippen LogP contribution in [0.1, 0.15) is 44.1 Å². The van der Waals surface area contributed by atoms with Gasteiger partial charge >= 0.3 is 0 Å². The SMILES string of the molecule is CCCNC(=O)CCNC1CC(c2ccccc2OC)C1. The van der Waals surface area contributed by atoms with Crippen molar-refractivity contribution in [1.29, 1.82) is 0 Å². The largest absolute Gasteiger partial charge is 0.496 e. The van der Waals surface area contributed by atoms with E-state index in [1.54, 1.807) is 7.11 Å². The van der Waals surface area contributed by atoms with Crippen LogP contribution in [0.25, 0.3) is 0 Å². The average molecular weight is 290 g/mol. The second-order valence-electron chi connectivity index (χ2n) is 5.66. The molecule has 1 aromatic carbocycles. The quantitative estimate of drug-likeness (QED) is 0.773. The normalized spacial score (nSPS) is 20.7. The maximum atomic E-state index is 11.5. The molecule has 1 saturated carbocycles. The second kappa shape index (κ2) is 8.03. The fourth-order valence-electron chi connectivity index (χ4n) is 2.78. The lowest BCUT2D eigenvalue weighted by Gasteiger charge is -2.37. The predicted molar refractivity (Wildman–Crippen MR) is 84.7 cm³/mol. The zero-order valence-electron chi connectivity index (χ0n) is 13.0. The molecule has 2 N–H and O–H groups in total. The van der Waals surface area contributed by atoms with Gasteiger partial charge in [0, 0.05) is 25.6 Å². The molecule has 4 nitrogen and oxygen atoms in total. The van der Waals surface area contributed by atoms with Crippen molar-refractivity contribution in [3.8, 4) is 5.75 Å². The van der Waals surface area contributed by atoms with Gasteiger partial charge in [0.2, 0.25) is 5.91 Å². The first-order valence-corrected chi connectivity index (χ1v) is 7.87. The van der Waals surface area contributed by atoms with E-state index in [0.29, 0.717) is 18.4 Å². The third-order valence-corrected chi connectivity index (χ3v) is 4.07. The molecule has 4 heteroatoms. The molecule has 0 bridgehead atoms. The van der Waals surface area contributed by atoms with Gasteiger partial charge < -0.3 is 15.4 Å². The number of amides is 1. The molecule has 0 heterocycles. The molecule has 1 fully saturated rings. The van der Waals surface area contributed by atoms with Gasteiger partial charge in [-0.3, -0.25) is 4.79 Å². The fourth-order valence-corrected chi connectivity index (χ4v) is 2.78. The lowest BCUT2D eigenvalue weighted by molar-refractivity contribution is -0.121. The molecule has 1 aliphatic rings. The summed E-state index contributed by atoms with van der Waals surface area (Å²) in [6.45, 7) is 3.60. The molecule has 21 heavy (non-hydrogen) atoms. The van der Waals surface area contributed by atoms with Crippen molar-refractivity contribution >= 4 is 5.91 Å². The summed E-state index contributed by atoms with van der Waals surface area (Å²) in [5.41, 5.74) is 1.30. The number of carbonyl (C=O) groups excluding carboxylic acids is 1. The maximum Gasteiger partial charge on any atom is 0.221 e. The van der Waals surface area contributed by atoms with Crippen LogP contribution in [0.2, 0.25) is 0 Å². The van der Waals surface area contributed by atoms with Gasteiger partial charge in [0.25, 0.3) is 0 Å². The van der Waals surface area contributed by atoms with Gasteiger partial charge in [-0.1, -0.05) is 25.1 Å². The molecule has 1 amide bonds. The molecule has 0 atom stereocenters. The number of hydrogen-bond acceptors (Lipinski definition) is 3. The highest BCUT2D eigenvalue weighted by Crippen LogP contribution is 2.40. The van der Waals surface area contributed by atoms with Gasteiger partial charge in [0.15, 0.2) is 0 Å². The van der Waals surface area contributed by atoms with Crippen LogP contribution in [0.3, 0.4) is 0 Å². The Balaban J connectivity index is 1.66. The molecule has 1 aliphatic carbocycles. The summed E-state index contributed by atoms with van der Waals surface area (Å²) < 4.78 is 5.41. The monoisotopic (exact) mass is 290 g/mol. The Morgan fingerprint density at radius 3 is 2.76 bits per heavy atom. The van der Waals surface area contributed by atoms with Crippen molar-refractivity contribution in [2.24, 2.45) is 0 Å². The van der Waals surface area contributed by atoms with E-state index >= 15 is 0 Å². The van der Waals surface area contributed by atoms with E-state index in [2.05, 4.69) is 29.7 Å². The summed E-state index contributed by atoms with van der Waals surface area (Å²) in [6, 6.07) is 8.77. The maximum absolute atomic E-state index is 11.5. The molecular formula is C17H26N2O2. The molecule has 0 aliphatic heterocycles. The van der Waals surface area contributed by atoms with Crippen molar-refractivity contribution in [1.82, 2.24) is 10.6 Å². The third-order valence-electron chi connectivity index (χ3n) is 4.07. The van der Waals surface area contributed by atoms with Gasteiger partial charge in [-0.2, -0.15) is 0 Å². The van der Waals surface area contributed by atoms with Crippen LogP contribution in [0, 0.1) is 0 Å². The van der Waals surface area contributed by atoms with Gasteiger partial charge in [0.05, 0.1) is 7.11 Å². The number of nitrogens with one attached hydrogen (secondary N) is 2. The van der Waals surface area contributed by atoms with Crippen molar-refractivity contribution in [2.45, 2.75) is 44.6 Å². The average Bonchev–Trinajstić information content (AvgIpc) is 2.47. The van der Waals surface area contributed by atoms with Crippen LogP contribution in [0.5, 0.6) is 5.75 Å². The fraction of sp³-hybridized carbons (Fsp3) is 0.588. The number of methoxy groups -OCH3 is 1. The van der Waals surface area contributed by atoms with Gasteiger partial charge in [0.1, 0.15) is 5.75 Å². The highest BCUT2D eigenvalue weighted by atomic mass is 16.5. The Labute approximate surface area is 127 Å². The zero-order chi connectivity index (χ0) is 15.1. The van der Waals surface area contributed by atoms with Crippen LogP contribution < -0.4 is 15.4 Å². The van der Waals surface area contributed by atoms with E-state index in [9.17, 15) is 4.79 Å². The topological polar surface area (TPSA) is 50.4 Å². The smallest absolute Gasteiger partial charge is 0.221 e. The Hall–Kier alpha value is -1.55. The summed E-state index contributed by atoms with van der Waals surface area (Å²) in [5.74, 6) is 1.71. The first kappa shape index (κ1) is 15.8. The first-order chi connectivity index (χ1) is 10.2. The molecule has 0 radical (unpaired) electrons. The molecule has 0 spiro atoms. The summed E-state index contributed by atoms with van der Waals surface area (Å²) in [6.07, 6.45) is 3.80. The summed E-state index contributed by atoms with van der Waals surface area (Å²) in [4.78, 5) is 11.5. The predicted octanol–water partition coefficient (Wildman–Crippen LogP) is 2.45. The summed E-state index contributed by atoms with van der Waals surface area (Å²) in [5, 5.41) is 6.36. The zero-order valence-corrected chi connectivity index (χ0v) is 13.0. The number of hydrogen-bond donors (Lipinski definition) is 2. The van der Waals surface area contributed by atoms with Crippen molar-refractivity contribution in [3.63, 3.8) is 0 Å². The first-order valence-electron chi connectivity index (χ1n) is 7.87. The number of rotatable bonds is 8. The van der Waals surface area contributed by atoms with E-state index in [1.807, 2.05) is 12.1 Å². The number of benzene rings is 1. The van der Waals surface area contributed by atoms with E-state index in [1.165, 1.54) is 5.56 Å². The molecule has 2 rings (SSSR count). The number of carbonyl (C=O) groups is 1. The van der Waals surface area contributed by atoms with Crippen LogP contribution >= 0.6 is 0 Å². The van der Waals surface area contributed by atoms with Gasteiger partial charge in [-0.15, -0.1) is 0 Å². The molecular weight excluding hydrogens is 264 g/mol. The Kier molecular flexibility index (Phi) is 6.05. The lowest BCUT2D eigenvalue weighted by atomic mass is 9.75. The standard InChI is InChI=1S/C17H26N2O2/c1-3-9-19-17(20)8-10-18-14-11-13(12-14)15-6-4-5-7-16(15)21-2/h4-7,13-14,18H,3,8-12H2,1-2H3,(H,19,20). The minimum Gasteiger partial charge on any atom is -0.496 e. The van der Waals surface area contributed by atoms with Crippen molar-refractivity contribution < 1.29 is 9.53 Å². The van der Waals surface area contributed by atoms with Gasteiger partial charge in [-0.25, -0.2) is 0 Å². The number of ether oxygens (including phenoxy) is 1. The minimum atomic E-state index is 0.143. The van der Waals surface area contributed by atoms with Crippen molar-refractivity contribution in [2.75, 3.05) is 20.2 Å². The van der Waals surface area contributed by atoms with E-state index in [4.69, 9.17) is 4.74 Å². The van der Waals surface area contributed by atoms with Gasteiger partial charge in [-0.05, 0) is 36.8 Å². The van der Waals surface area contributed by atoms with Crippen LogP contribution in [-0.2, 0) is 4.79 Å². The molecule has 0 aromatic heterocycles. The lowest BCUT2D eigenvalue weighted by Crippen LogP contribution is -2.41. The molecule has 0 saturated heterocycles. The van der Waals surface area contributed by atoms with E-state index in [0.717, 1.165) is 38.1 Å².